The summed E-state index contributed by atoms with van der Waals surface area (Å²) in [4.78, 5) is 13.9. The first-order chi connectivity index (χ1) is 9.19. The van der Waals surface area contributed by atoms with E-state index in [-0.39, 0.29) is 11.8 Å². The molecule has 0 bridgehead atoms. The third kappa shape index (κ3) is 2.70. The van der Waals surface area contributed by atoms with E-state index >= 15 is 0 Å². The van der Waals surface area contributed by atoms with E-state index in [1.54, 1.807) is 4.90 Å². The van der Waals surface area contributed by atoms with Crippen molar-refractivity contribution in [1.82, 2.24) is 0 Å². The Balaban J connectivity index is 2.30. The lowest BCUT2D eigenvalue weighted by molar-refractivity contribution is -0.119. The third-order valence-corrected chi connectivity index (χ3v) is 3.65. The van der Waals surface area contributed by atoms with Crippen LogP contribution in [-0.2, 0) is 11.2 Å². The molecule has 0 saturated heterocycles. The molecule has 2 rings (SSSR count). The van der Waals surface area contributed by atoms with E-state index in [9.17, 15) is 4.79 Å². The molecule has 0 spiro atoms. The molecule has 1 unspecified atom stereocenters. The van der Waals surface area contributed by atoms with Crippen LogP contribution in [0.2, 0.25) is 0 Å². The number of rotatable bonds is 4. The summed E-state index contributed by atoms with van der Waals surface area (Å²) in [6.45, 7) is 2.48. The van der Waals surface area contributed by atoms with Crippen LogP contribution in [-0.4, -0.2) is 19.5 Å². The zero-order valence-corrected chi connectivity index (χ0v) is 11.4. The van der Waals surface area contributed by atoms with Gasteiger partial charge in [-0.3, -0.25) is 4.79 Å². The highest BCUT2D eigenvalue weighted by molar-refractivity contribution is 5.96. The average molecular weight is 257 g/mol. The van der Waals surface area contributed by atoms with Crippen LogP contribution < -0.4 is 10.2 Å². The molecule has 1 atom stereocenters. The highest BCUT2D eigenvalue weighted by Gasteiger charge is 2.26. The van der Waals surface area contributed by atoms with Crippen molar-refractivity contribution in [3.63, 3.8) is 0 Å². The summed E-state index contributed by atoms with van der Waals surface area (Å²) in [5.41, 5.74) is 3.20. The fourth-order valence-electron chi connectivity index (χ4n) is 2.40. The first kappa shape index (κ1) is 13.4. The van der Waals surface area contributed by atoms with Gasteiger partial charge in [0.05, 0.1) is 12.0 Å². The summed E-state index contributed by atoms with van der Waals surface area (Å²) >= 11 is 0. The number of benzene rings is 1. The molecule has 0 aromatic heterocycles. The van der Waals surface area contributed by atoms with Gasteiger partial charge in [-0.05, 0) is 36.6 Å². The Morgan fingerprint density at radius 1 is 1.47 bits per heavy atom. The number of nitriles is 1. The molecule has 0 fully saturated rings. The maximum Gasteiger partial charge on any atom is 0.227 e. The minimum Gasteiger partial charge on any atom is -0.388 e. The summed E-state index contributed by atoms with van der Waals surface area (Å²) in [5, 5.41) is 12.2. The number of nitrogens with one attached hydrogen (secondary N) is 1. The van der Waals surface area contributed by atoms with E-state index in [0.717, 1.165) is 24.2 Å². The summed E-state index contributed by atoms with van der Waals surface area (Å²) in [6.07, 6.45) is 2.08. The quantitative estimate of drug-likeness (QED) is 0.901. The monoisotopic (exact) mass is 257 g/mol. The van der Waals surface area contributed by atoms with Gasteiger partial charge >= 0.3 is 0 Å². The largest absolute Gasteiger partial charge is 0.388 e. The molecular formula is C15H19N3O. The average Bonchev–Trinajstić information content (AvgIpc) is 2.46. The molecular weight excluding hydrogens is 238 g/mol. The molecule has 19 heavy (non-hydrogen) atoms. The lowest BCUT2D eigenvalue weighted by Crippen LogP contribution is -2.38. The number of anilines is 2. The van der Waals surface area contributed by atoms with E-state index in [1.807, 2.05) is 26.1 Å². The Morgan fingerprint density at radius 2 is 2.26 bits per heavy atom. The second-order valence-electron chi connectivity index (χ2n) is 4.83. The van der Waals surface area contributed by atoms with Crippen LogP contribution in [0.15, 0.2) is 18.2 Å². The maximum atomic E-state index is 12.1. The Kier molecular flexibility index (Phi) is 4.06. The van der Waals surface area contributed by atoms with Crippen molar-refractivity contribution < 1.29 is 4.79 Å². The third-order valence-electron chi connectivity index (χ3n) is 3.65. The Labute approximate surface area is 114 Å². The van der Waals surface area contributed by atoms with Crippen LogP contribution in [0.25, 0.3) is 0 Å². The highest BCUT2D eigenvalue weighted by atomic mass is 16.2. The fourth-order valence-corrected chi connectivity index (χ4v) is 2.40. The summed E-state index contributed by atoms with van der Waals surface area (Å²) < 4.78 is 0. The van der Waals surface area contributed by atoms with Gasteiger partial charge in [0.15, 0.2) is 0 Å². The smallest absolute Gasteiger partial charge is 0.227 e. The number of nitrogens with zero attached hydrogens (tertiary/aromatic N) is 2. The van der Waals surface area contributed by atoms with Gasteiger partial charge in [-0.25, -0.2) is 0 Å². The Morgan fingerprint density at radius 3 is 2.89 bits per heavy atom. The van der Waals surface area contributed by atoms with Crippen molar-refractivity contribution >= 4 is 17.3 Å². The van der Waals surface area contributed by atoms with E-state index < -0.39 is 0 Å². The van der Waals surface area contributed by atoms with Crippen molar-refractivity contribution in [2.24, 2.45) is 5.92 Å². The van der Waals surface area contributed by atoms with Crippen LogP contribution >= 0.6 is 0 Å². The van der Waals surface area contributed by atoms with Gasteiger partial charge in [0.1, 0.15) is 0 Å². The first-order valence-corrected chi connectivity index (χ1v) is 6.70. The van der Waals surface area contributed by atoms with Gasteiger partial charge in [-0.1, -0.05) is 6.92 Å². The number of hydrogen-bond acceptors (Lipinski definition) is 3. The van der Waals surface area contributed by atoms with Crippen molar-refractivity contribution in [2.45, 2.75) is 26.2 Å². The first-order valence-electron chi connectivity index (χ1n) is 6.70. The van der Waals surface area contributed by atoms with Gasteiger partial charge in [0, 0.05) is 31.4 Å². The molecule has 1 amide bonds. The summed E-state index contributed by atoms with van der Waals surface area (Å²) in [5.74, 6) is 0.0253. The maximum absolute atomic E-state index is 12.1. The fraction of sp³-hybridized carbons (Fsp3) is 0.467. The van der Waals surface area contributed by atoms with Gasteiger partial charge in [-0.15, -0.1) is 0 Å². The van der Waals surface area contributed by atoms with Gasteiger partial charge < -0.3 is 10.2 Å². The number of carbonyl (C=O) groups is 1. The van der Waals surface area contributed by atoms with Gasteiger partial charge in [0.25, 0.3) is 0 Å². The molecule has 1 aliphatic heterocycles. The minimum absolute atomic E-state index is 0.0983. The summed E-state index contributed by atoms with van der Waals surface area (Å²) in [6, 6.07) is 8.30. The van der Waals surface area contributed by atoms with E-state index in [2.05, 4.69) is 17.5 Å². The van der Waals surface area contributed by atoms with Crippen molar-refractivity contribution in [2.75, 3.05) is 23.8 Å². The molecule has 4 heteroatoms. The second-order valence-corrected chi connectivity index (χ2v) is 4.83. The molecule has 4 nitrogen and oxygen atoms in total. The van der Waals surface area contributed by atoms with Crippen molar-refractivity contribution in [1.29, 1.82) is 5.26 Å². The lowest BCUT2D eigenvalue weighted by atomic mass is 9.98. The standard InChI is InChI=1S/C15H19N3O/c1-3-11(9-16)10-18-14-6-5-13(17-2)8-12(14)4-7-15(18)19/h5-6,8,11,17H,3-4,7,10H2,1-2H3. The van der Waals surface area contributed by atoms with Crippen LogP contribution in [0.4, 0.5) is 11.4 Å². The van der Waals surface area contributed by atoms with E-state index in [1.165, 1.54) is 5.56 Å². The van der Waals surface area contributed by atoms with Gasteiger partial charge in [0.2, 0.25) is 5.91 Å². The molecule has 1 aliphatic rings. The lowest BCUT2D eigenvalue weighted by Gasteiger charge is -2.31. The van der Waals surface area contributed by atoms with E-state index in [0.29, 0.717) is 13.0 Å². The number of fused-ring (bicyclic) bond motifs is 1. The molecule has 0 saturated carbocycles. The van der Waals surface area contributed by atoms with Crippen molar-refractivity contribution in [3.8, 4) is 6.07 Å². The Hall–Kier alpha value is -2.02. The number of aryl methyl sites for hydroxylation is 1. The molecule has 1 heterocycles. The predicted octanol–water partition coefficient (Wildman–Crippen LogP) is 2.56. The number of carbonyl (C=O) groups excluding carboxylic acids is 1. The number of amides is 1. The highest BCUT2D eigenvalue weighted by Crippen LogP contribution is 2.31. The number of hydrogen-bond donors (Lipinski definition) is 1. The summed E-state index contributed by atoms with van der Waals surface area (Å²) in [7, 11) is 1.89. The molecule has 0 aliphatic carbocycles. The molecule has 100 valence electrons. The van der Waals surface area contributed by atoms with Crippen LogP contribution in [0, 0.1) is 17.2 Å². The minimum atomic E-state index is -0.0983. The molecule has 0 radical (unpaired) electrons. The topological polar surface area (TPSA) is 56.1 Å². The molecule has 1 aromatic carbocycles. The van der Waals surface area contributed by atoms with Crippen molar-refractivity contribution in [3.05, 3.63) is 23.8 Å². The SMILES string of the molecule is CCC(C#N)CN1C(=O)CCc2cc(NC)ccc21. The normalized spacial score (nSPS) is 15.6. The van der Waals surface area contributed by atoms with Gasteiger partial charge in [-0.2, -0.15) is 5.26 Å². The molecule has 1 aromatic rings. The van der Waals surface area contributed by atoms with Crippen LogP contribution in [0.1, 0.15) is 25.3 Å². The van der Waals surface area contributed by atoms with E-state index in [4.69, 9.17) is 5.26 Å². The van der Waals surface area contributed by atoms with Crippen LogP contribution in [0.5, 0.6) is 0 Å². The van der Waals surface area contributed by atoms with Crippen LogP contribution in [0.3, 0.4) is 0 Å². The second kappa shape index (κ2) is 5.75. The zero-order valence-electron chi connectivity index (χ0n) is 11.4. The zero-order chi connectivity index (χ0) is 13.8. The predicted molar refractivity (Wildman–Crippen MR) is 76.1 cm³/mol. The Bertz CT molecular complexity index is 519. The molecule has 1 N–H and O–H groups in total.